The van der Waals surface area contributed by atoms with Crippen LogP contribution in [0.1, 0.15) is 21.7 Å². The average Bonchev–Trinajstić information content (AvgIpc) is 3.34. The van der Waals surface area contributed by atoms with Crippen molar-refractivity contribution in [3.05, 3.63) is 84.3 Å². The molecule has 0 saturated carbocycles. The van der Waals surface area contributed by atoms with Crippen LogP contribution in [0.5, 0.6) is 0 Å². The van der Waals surface area contributed by atoms with Crippen LogP contribution in [0.4, 0.5) is 5.82 Å². The van der Waals surface area contributed by atoms with Gasteiger partial charge in [-0.3, -0.25) is 0 Å². The van der Waals surface area contributed by atoms with Crippen LogP contribution in [0.25, 0.3) is 22.5 Å². The van der Waals surface area contributed by atoms with Gasteiger partial charge in [-0.2, -0.15) is 5.21 Å². The van der Waals surface area contributed by atoms with Gasteiger partial charge in [0.2, 0.25) is 5.82 Å². The molecule has 0 fully saturated rings. The zero-order valence-corrected chi connectivity index (χ0v) is 17.4. The largest absolute Gasteiger partial charge is 0.477 e. The van der Waals surface area contributed by atoms with Crippen molar-refractivity contribution in [1.29, 1.82) is 0 Å². The summed E-state index contributed by atoms with van der Waals surface area (Å²) < 4.78 is 0. The third-order valence-corrected chi connectivity index (χ3v) is 4.92. The molecular weight excluding hydrogens is 406 g/mol. The van der Waals surface area contributed by atoms with E-state index < -0.39 is 5.97 Å². The van der Waals surface area contributed by atoms with Crippen LogP contribution in [0.3, 0.4) is 0 Å². The normalized spacial score (nSPS) is 10.7. The molecule has 2 heterocycles. The number of tetrazole rings is 1. The van der Waals surface area contributed by atoms with Crippen molar-refractivity contribution >= 4 is 11.8 Å². The summed E-state index contributed by atoms with van der Waals surface area (Å²) in [5, 5.41) is 23.9. The standard InChI is InChI=1S/C23H21N7O2/c1-3-12-30(22-20(23(31)32)13-24-15(2)25-22)14-16-8-10-17(11-9-16)18-6-4-5-7-19(18)21-26-28-29-27-21/h3-11,13H,1,12,14H2,2H3,(H,31,32)(H,26,27,28,29). The molecule has 0 saturated heterocycles. The first-order chi connectivity index (χ1) is 15.6. The number of carboxylic acids is 1. The van der Waals surface area contributed by atoms with Crippen LogP contribution in [0.15, 0.2) is 67.4 Å². The number of hydrogen-bond donors (Lipinski definition) is 2. The first-order valence-electron chi connectivity index (χ1n) is 9.91. The average molecular weight is 427 g/mol. The second-order valence-corrected chi connectivity index (χ2v) is 7.11. The van der Waals surface area contributed by atoms with Gasteiger partial charge in [0.1, 0.15) is 17.2 Å². The zero-order valence-electron chi connectivity index (χ0n) is 17.4. The van der Waals surface area contributed by atoms with E-state index in [-0.39, 0.29) is 5.56 Å². The number of aryl methyl sites for hydroxylation is 1. The molecule has 9 heteroatoms. The Balaban J connectivity index is 1.63. The minimum Gasteiger partial charge on any atom is -0.477 e. The van der Waals surface area contributed by atoms with Gasteiger partial charge in [-0.25, -0.2) is 14.8 Å². The van der Waals surface area contributed by atoms with E-state index in [4.69, 9.17) is 0 Å². The Bertz CT molecular complexity index is 1240. The Morgan fingerprint density at radius 1 is 1.16 bits per heavy atom. The maximum absolute atomic E-state index is 11.7. The number of H-pyrrole nitrogens is 1. The van der Waals surface area contributed by atoms with Crippen LogP contribution < -0.4 is 4.90 Å². The topological polar surface area (TPSA) is 121 Å². The van der Waals surface area contributed by atoms with Crippen molar-refractivity contribution < 1.29 is 9.90 Å². The minimum absolute atomic E-state index is 0.0584. The van der Waals surface area contributed by atoms with Gasteiger partial charge < -0.3 is 10.0 Å². The van der Waals surface area contributed by atoms with Crippen LogP contribution in [-0.4, -0.2) is 48.2 Å². The predicted molar refractivity (Wildman–Crippen MR) is 120 cm³/mol. The molecule has 0 atom stereocenters. The number of nitrogens with zero attached hydrogens (tertiary/aromatic N) is 6. The van der Waals surface area contributed by atoms with Gasteiger partial charge in [-0.1, -0.05) is 54.6 Å². The summed E-state index contributed by atoms with van der Waals surface area (Å²) in [5.74, 6) is 0.341. The second-order valence-electron chi connectivity index (χ2n) is 7.11. The fourth-order valence-electron chi connectivity index (χ4n) is 3.45. The Labute approximate surface area is 184 Å². The zero-order chi connectivity index (χ0) is 22.5. The monoisotopic (exact) mass is 427 g/mol. The van der Waals surface area contributed by atoms with Gasteiger partial charge >= 0.3 is 5.97 Å². The number of aromatic amines is 1. The second kappa shape index (κ2) is 9.17. The highest BCUT2D eigenvalue weighted by molar-refractivity contribution is 5.93. The van der Waals surface area contributed by atoms with Gasteiger partial charge in [0.05, 0.1) is 0 Å². The number of rotatable bonds is 8. The number of benzene rings is 2. The van der Waals surface area contributed by atoms with E-state index in [0.29, 0.717) is 30.6 Å². The van der Waals surface area contributed by atoms with E-state index in [0.717, 1.165) is 22.3 Å². The molecule has 4 aromatic rings. The number of hydrogen-bond acceptors (Lipinski definition) is 7. The summed E-state index contributed by atoms with van der Waals surface area (Å²) in [6.45, 7) is 6.45. The third kappa shape index (κ3) is 4.36. The lowest BCUT2D eigenvalue weighted by Gasteiger charge is -2.24. The lowest BCUT2D eigenvalue weighted by molar-refractivity contribution is 0.0696. The minimum atomic E-state index is -1.07. The van der Waals surface area contributed by atoms with Gasteiger partial charge in [-0.05, 0) is 28.8 Å². The Morgan fingerprint density at radius 3 is 2.56 bits per heavy atom. The molecule has 9 nitrogen and oxygen atoms in total. The van der Waals surface area contributed by atoms with E-state index in [1.54, 1.807) is 13.0 Å². The predicted octanol–water partition coefficient (Wildman–Crippen LogP) is 3.52. The summed E-state index contributed by atoms with van der Waals surface area (Å²) in [5.41, 5.74) is 3.93. The highest BCUT2D eigenvalue weighted by Gasteiger charge is 2.19. The number of aromatic nitrogens is 6. The molecule has 2 aromatic heterocycles. The van der Waals surface area contributed by atoms with E-state index in [9.17, 15) is 9.90 Å². The number of anilines is 1. The smallest absolute Gasteiger partial charge is 0.341 e. The van der Waals surface area contributed by atoms with Crippen molar-refractivity contribution in [1.82, 2.24) is 30.6 Å². The van der Waals surface area contributed by atoms with Gasteiger partial charge in [0, 0.05) is 24.8 Å². The Hall–Kier alpha value is -4.40. The summed E-state index contributed by atoms with van der Waals surface area (Å²) in [4.78, 5) is 21.9. The molecule has 0 spiro atoms. The van der Waals surface area contributed by atoms with Crippen LogP contribution >= 0.6 is 0 Å². The Morgan fingerprint density at radius 2 is 1.91 bits per heavy atom. The first kappa shape index (κ1) is 20.9. The van der Waals surface area contributed by atoms with Crippen molar-refractivity contribution in [2.24, 2.45) is 0 Å². The van der Waals surface area contributed by atoms with E-state index in [1.165, 1.54) is 6.20 Å². The van der Waals surface area contributed by atoms with Crippen molar-refractivity contribution in [3.63, 3.8) is 0 Å². The molecule has 2 aromatic carbocycles. The van der Waals surface area contributed by atoms with E-state index >= 15 is 0 Å². The molecule has 0 aliphatic rings. The highest BCUT2D eigenvalue weighted by atomic mass is 16.4. The molecule has 0 aliphatic heterocycles. The fourth-order valence-corrected chi connectivity index (χ4v) is 3.45. The molecule has 2 N–H and O–H groups in total. The molecule has 0 radical (unpaired) electrons. The van der Waals surface area contributed by atoms with Crippen molar-refractivity contribution in [2.75, 3.05) is 11.4 Å². The first-order valence-corrected chi connectivity index (χ1v) is 9.91. The lowest BCUT2D eigenvalue weighted by Crippen LogP contribution is -2.26. The molecule has 0 aliphatic carbocycles. The molecular formula is C23H21N7O2. The fraction of sp³-hybridized carbons (Fsp3) is 0.130. The van der Waals surface area contributed by atoms with Crippen molar-refractivity contribution in [2.45, 2.75) is 13.5 Å². The molecule has 0 amide bonds. The van der Waals surface area contributed by atoms with E-state index in [2.05, 4.69) is 37.2 Å². The molecule has 0 unspecified atom stereocenters. The van der Waals surface area contributed by atoms with Gasteiger partial charge in [0.25, 0.3) is 0 Å². The van der Waals surface area contributed by atoms with E-state index in [1.807, 2.05) is 53.4 Å². The quantitative estimate of drug-likeness (QED) is 0.410. The number of carbonyl (C=O) groups is 1. The van der Waals surface area contributed by atoms with Crippen LogP contribution in [0.2, 0.25) is 0 Å². The van der Waals surface area contributed by atoms with Crippen molar-refractivity contribution in [3.8, 4) is 22.5 Å². The lowest BCUT2D eigenvalue weighted by atomic mass is 9.98. The molecule has 32 heavy (non-hydrogen) atoms. The summed E-state index contributed by atoms with van der Waals surface area (Å²) in [7, 11) is 0. The molecule has 0 bridgehead atoms. The number of aromatic carboxylic acids is 1. The maximum Gasteiger partial charge on any atom is 0.341 e. The summed E-state index contributed by atoms with van der Waals surface area (Å²) >= 11 is 0. The number of carboxylic acid groups (broad SMARTS) is 1. The SMILES string of the molecule is C=CCN(Cc1ccc(-c2ccccc2-c2nn[nH]n2)cc1)c1nc(C)ncc1C(=O)O. The summed E-state index contributed by atoms with van der Waals surface area (Å²) in [6.07, 6.45) is 3.06. The maximum atomic E-state index is 11.7. The molecule has 4 rings (SSSR count). The molecule has 160 valence electrons. The van der Waals surface area contributed by atoms with Crippen LogP contribution in [0, 0.1) is 6.92 Å². The third-order valence-electron chi connectivity index (χ3n) is 4.92. The summed E-state index contributed by atoms with van der Waals surface area (Å²) in [6, 6.07) is 15.9. The Kier molecular flexibility index (Phi) is 5.98. The van der Waals surface area contributed by atoms with Gasteiger partial charge in [0.15, 0.2) is 0 Å². The van der Waals surface area contributed by atoms with Gasteiger partial charge in [-0.15, -0.1) is 16.8 Å². The van der Waals surface area contributed by atoms with Crippen LogP contribution in [-0.2, 0) is 6.54 Å². The highest BCUT2D eigenvalue weighted by Crippen LogP contribution is 2.30. The number of nitrogens with one attached hydrogen (secondary N) is 1.